The predicted octanol–water partition coefficient (Wildman–Crippen LogP) is 3.35. The Labute approximate surface area is 179 Å². The molecular formula is C20H16N4O6S. The second-order valence-corrected chi connectivity index (χ2v) is 7.02. The lowest BCUT2D eigenvalue weighted by atomic mass is 10.1. The SMILES string of the molecule is CS(=O)c1ccc(Oc2ccc([N+](=O)[O-])cn2)cc1.N#C/C(=C\N)C(=O)c1ccco1. The van der Waals surface area contributed by atoms with Crippen molar-refractivity contribution in [2.45, 2.75) is 4.90 Å². The summed E-state index contributed by atoms with van der Waals surface area (Å²) in [4.78, 5) is 25.7. The fourth-order valence-corrected chi connectivity index (χ4v) is 2.58. The first-order chi connectivity index (χ1) is 14.8. The standard InChI is InChI=1S/C12H10N2O4S.C8H6N2O2/c1-19(17)11-5-3-10(4-6-11)18-12-7-2-9(8-13-12)14(15)16;9-4-6(5-10)8(11)7-2-1-3-12-7/h2-8H,1H3;1-4H,9H2/b;6-4+. The van der Waals surface area contributed by atoms with Gasteiger partial charge in [-0.2, -0.15) is 5.26 Å². The second kappa shape index (κ2) is 11.0. The van der Waals surface area contributed by atoms with Crippen molar-refractivity contribution in [3.05, 3.63) is 88.6 Å². The average Bonchev–Trinajstić information content (AvgIpc) is 3.31. The number of carbonyl (C=O) groups is 1. The van der Waals surface area contributed by atoms with Gasteiger partial charge in [-0.05, 0) is 36.4 Å². The Balaban J connectivity index is 0.000000245. The number of nitro groups is 1. The maximum absolute atomic E-state index is 11.2. The highest BCUT2D eigenvalue weighted by Gasteiger charge is 2.13. The average molecular weight is 440 g/mol. The number of pyridine rings is 1. The van der Waals surface area contributed by atoms with Gasteiger partial charge in [-0.15, -0.1) is 0 Å². The van der Waals surface area contributed by atoms with Crippen LogP contribution in [0, 0.1) is 21.4 Å². The summed E-state index contributed by atoms with van der Waals surface area (Å²) in [7, 11) is -1.04. The smallest absolute Gasteiger partial charge is 0.287 e. The molecule has 0 aliphatic rings. The quantitative estimate of drug-likeness (QED) is 0.199. The molecule has 11 heteroatoms. The molecule has 2 heterocycles. The van der Waals surface area contributed by atoms with E-state index >= 15 is 0 Å². The topological polar surface area (TPSA) is 162 Å². The number of rotatable bonds is 6. The molecule has 0 aliphatic carbocycles. The van der Waals surface area contributed by atoms with Gasteiger partial charge >= 0.3 is 0 Å². The number of benzene rings is 1. The third kappa shape index (κ3) is 6.62. The van der Waals surface area contributed by atoms with E-state index < -0.39 is 21.5 Å². The minimum absolute atomic E-state index is 0.0934. The van der Waals surface area contributed by atoms with Gasteiger partial charge < -0.3 is 14.9 Å². The lowest BCUT2D eigenvalue weighted by Crippen LogP contribution is -2.02. The molecule has 2 N–H and O–H groups in total. The lowest BCUT2D eigenvalue weighted by Gasteiger charge is -2.04. The first-order valence-electron chi connectivity index (χ1n) is 8.47. The van der Waals surface area contributed by atoms with Crippen molar-refractivity contribution in [1.29, 1.82) is 5.26 Å². The van der Waals surface area contributed by atoms with Gasteiger partial charge in [-0.1, -0.05) is 0 Å². The van der Waals surface area contributed by atoms with Crippen molar-refractivity contribution in [2.75, 3.05) is 6.26 Å². The number of carbonyl (C=O) groups excluding carboxylic acids is 1. The van der Waals surface area contributed by atoms with Crippen LogP contribution in [0.15, 0.2) is 82.1 Å². The van der Waals surface area contributed by atoms with E-state index in [9.17, 15) is 19.1 Å². The molecule has 0 saturated heterocycles. The first kappa shape index (κ1) is 23.0. The van der Waals surface area contributed by atoms with Crippen molar-refractivity contribution in [1.82, 2.24) is 4.98 Å². The van der Waals surface area contributed by atoms with Crippen LogP contribution in [-0.4, -0.2) is 26.2 Å². The van der Waals surface area contributed by atoms with Gasteiger partial charge in [0.25, 0.3) is 5.69 Å². The molecule has 158 valence electrons. The van der Waals surface area contributed by atoms with Crippen LogP contribution in [0.1, 0.15) is 10.6 Å². The van der Waals surface area contributed by atoms with Crippen molar-refractivity contribution in [3.63, 3.8) is 0 Å². The van der Waals surface area contributed by atoms with Gasteiger partial charge in [0, 0.05) is 40.3 Å². The molecule has 31 heavy (non-hydrogen) atoms. The number of ketones is 1. The predicted molar refractivity (Wildman–Crippen MR) is 111 cm³/mol. The van der Waals surface area contributed by atoms with Crippen LogP contribution in [-0.2, 0) is 10.8 Å². The van der Waals surface area contributed by atoms with Gasteiger partial charge in [0.05, 0.1) is 11.2 Å². The first-order valence-corrected chi connectivity index (χ1v) is 10.0. The fourth-order valence-electron chi connectivity index (χ4n) is 2.07. The molecule has 0 bridgehead atoms. The number of nitrogens with two attached hydrogens (primary N) is 1. The van der Waals surface area contributed by atoms with E-state index in [0.29, 0.717) is 10.6 Å². The summed E-state index contributed by atoms with van der Waals surface area (Å²) in [6.45, 7) is 0. The van der Waals surface area contributed by atoms with E-state index in [2.05, 4.69) is 4.98 Å². The summed E-state index contributed by atoms with van der Waals surface area (Å²) in [5, 5.41) is 18.9. The van der Waals surface area contributed by atoms with Gasteiger partial charge in [0.2, 0.25) is 11.7 Å². The maximum Gasteiger partial charge on any atom is 0.287 e. The number of ether oxygens (including phenoxy) is 1. The van der Waals surface area contributed by atoms with E-state index in [1.807, 2.05) is 0 Å². The molecule has 0 aliphatic heterocycles. The lowest BCUT2D eigenvalue weighted by molar-refractivity contribution is -0.385. The highest BCUT2D eigenvalue weighted by Crippen LogP contribution is 2.22. The van der Waals surface area contributed by atoms with E-state index in [1.165, 1.54) is 24.5 Å². The Morgan fingerprint density at radius 2 is 2.00 bits per heavy atom. The summed E-state index contributed by atoms with van der Waals surface area (Å²) in [6.07, 6.45) is 5.04. The van der Waals surface area contributed by atoms with E-state index in [1.54, 1.807) is 42.7 Å². The van der Waals surface area contributed by atoms with Crippen LogP contribution in [0.4, 0.5) is 5.69 Å². The van der Waals surface area contributed by atoms with Crippen LogP contribution in [0.5, 0.6) is 11.6 Å². The highest BCUT2D eigenvalue weighted by atomic mass is 32.2. The number of aromatic nitrogens is 1. The molecule has 1 atom stereocenters. The normalized spacial score (nSPS) is 11.4. The number of hydrogen-bond acceptors (Lipinski definition) is 9. The van der Waals surface area contributed by atoms with Crippen LogP contribution >= 0.6 is 0 Å². The Morgan fingerprint density at radius 3 is 2.45 bits per heavy atom. The van der Waals surface area contributed by atoms with Gasteiger partial charge in [-0.25, -0.2) is 4.98 Å². The molecule has 0 amide bonds. The minimum Gasteiger partial charge on any atom is -0.461 e. The molecule has 2 aromatic heterocycles. The van der Waals surface area contributed by atoms with E-state index in [-0.39, 0.29) is 22.9 Å². The Bertz CT molecular complexity index is 1080. The molecule has 0 fully saturated rings. The number of Topliss-reactive ketones (excluding diaryl/α,β-unsaturated/α-hetero) is 1. The van der Waals surface area contributed by atoms with Crippen molar-refractivity contribution < 1.29 is 23.1 Å². The third-order valence-corrected chi connectivity index (χ3v) is 4.52. The Morgan fingerprint density at radius 1 is 1.29 bits per heavy atom. The monoisotopic (exact) mass is 440 g/mol. The molecule has 0 saturated carbocycles. The summed E-state index contributed by atoms with van der Waals surface area (Å²) in [6, 6.07) is 14.2. The van der Waals surface area contributed by atoms with Crippen molar-refractivity contribution >= 4 is 22.3 Å². The van der Waals surface area contributed by atoms with Crippen LogP contribution in [0.25, 0.3) is 0 Å². The fraction of sp³-hybridized carbons (Fsp3) is 0.0500. The molecule has 1 unspecified atom stereocenters. The molecule has 10 nitrogen and oxygen atoms in total. The molecule has 0 spiro atoms. The van der Waals surface area contributed by atoms with E-state index in [4.69, 9.17) is 20.1 Å². The Kier molecular flexibility index (Phi) is 8.18. The second-order valence-electron chi connectivity index (χ2n) is 5.64. The van der Waals surface area contributed by atoms with Crippen molar-refractivity contribution in [3.8, 4) is 17.7 Å². The summed E-state index contributed by atoms with van der Waals surface area (Å²) in [5.41, 5.74) is 4.83. The largest absolute Gasteiger partial charge is 0.461 e. The Hall–Kier alpha value is -4.30. The number of nitrogens with zero attached hydrogens (tertiary/aromatic N) is 3. The van der Waals surface area contributed by atoms with Gasteiger partial charge in [-0.3, -0.25) is 19.1 Å². The van der Waals surface area contributed by atoms with E-state index in [0.717, 1.165) is 12.4 Å². The zero-order valence-electron chi connectivity index (χ0n) is 16.1. The van der Waals surface area contributed by atoms with Crippen LogP contribution in [0.2, 0.25) is 0 Å². The van der Waals surface area contributed by atoms with Crippen molar-refractivity contribution in [2.24, 2.45) is 5.73 Å². The zero-order chi connectivity index (χ0) is 22.8. The molecule has 1 aromatic carbocycles. The van der Waals surface area contributed by atoms with Crippen LogP contribution in [0.3, 0.4) is 0 Å². The summed E-state index contributed by atoms with van der Waals surface area (Å²) in [5.74, 6) is 0.407. The van der Waals surface area contributed by atoms with Crippen LogP contribution < -0.4 is 10.5 Å². The molecular weight excluding hydrogens is 424 g/mol. The summed E-state index contributed by atoms with van der Waals surface area (Å²) >= 11 is 0. The van der Waals surface area contributed by atoms with Gasteiger partial charge in [0.1, 0.15) is 23.6 Å². The molecule has 0 radical (unpaired) electrons. The number of furan rings is 1. The zero-order valence-corrected chi connectivity index (χ0v) is 16.9. The minimum atomic E-state index is -1.04. The molecule has 3 aromatic rings. The molecule has 3 rings (SSSR count). The number of allylic oxidation sites excluding steroid dienone is 1. The summed E-state index contributed by atoms with van der Waals surface area (Å²) < 4.78 is 21.4. The third-order valence-electron chi connectivity index (χ3n) is 3.59. The maximum atomic E-state index is 11.2. The number of hydrogen-bond donors (Lipinski definition) is 1. The van der Waals surface area contributed by atoms with Gasteiger partial charge in [0.15, 0.2) is 5.76 Å². The number of nitriles is 1. The highest BCUT2D eigenvalue weighted by molar-refractivity contribution is 7.84.